The molecule has 2 aromatic rings. The van der Waals surface area contributed by atoms with Crippen molar-refractivity contribution in [3.8, 4) is 0 Å². The Labute approximate surface area is 104 Å². The zero-order valence-electron chi connectivity index (χ0n) is 9.21. The van der Waals surface area contributed by atoms with Crippen LogP contribution in [0.3, 0.4) is 0 Å². The standard InChI is InChI=1S/C12H12ClN3O/c13-11-4-1-10(2-5-11)3-6-12(17)7-16-9-14-8-15-16/h1-2,4-5,8-9H,3,6-7H2. The van der Waals surface area contributed by atoms with Gasteiger partial charge in [-0.05, 0) is 24.1 Å². The summed E-state index contributed by atoms with van der Waals surface area (Å²) in [5.41, 5.74) is 1.11. The van der Waals surface area contributed by atoms with E-state index >= 15 is 0 Å². The van der Waals surface area contributed by atoms with Crippen LogP contribution in [-0.4, -0.2) is 20.5 Å². The molecule has 0 atom stereocenters. The third-order valence-electron chi connectivity index (χ3n) is 2.41. The lowest BCUT2D eigenvalue weighted by atomic mass is 10.1. The number of nitrogens with zero attached hydrogens (tertiary/aromatic N) is 3. The largest absolute Gasteiger partial charge is 0.298 e. The highest BCUT2D eigenvalue weighted by atomic mass is 35.5. The van der Waals surface area contributed by atoms with Crippen molar-refractivity contribution in [1.29, 1.82) is 0 Å². The molecule has 0 amide bonds. The molecule has 0 fully saturated rings. The van der Waals surface area contributed by atoms with Crippen molar-refractivity contribution in [3.05, 3.63) is 47.5 Å². The van der Waals surface area contributed by atoms with Gasteiger partial charge in [0.15, 0.2) is 5.78 Å². The van der Waals surface area contributed by atoms with Gasteiger partial charge in [0.05, 0.1) is 0 Å². The van der Waals surface area contributed by atoms with Crippen LogP contribution in [0.15, 0.2) is 36.9 Å². The third-order valence-corrected chi connectivity index (χ3v) is 2.66. The van der Waals surface area contributed by atoms with Crippen LogP contribution in [-0.2, 0) is 17.8 Å². The van der Waals surface area contributed by atoms with E-state index in [9.17, 15) is 4.79 Å². The molecule has 2 rings (SSSR count). The Morgan fingerprint density at radius 2 is 2.06 bits per heavy atom. The molecule has 0 saturated heterocycles. The number of Topliss-reactive ketones (excluding diaryl/α,β-unsaturated/α-hetero) is 1. The van der Waals surface area contributed by atoms with E-state index in [4.69, 9.17) is 11.6 Å². The molecule has 0 radical (unpaired) electrons. The van der Waals surface area contributed by atoms with Crippen LogP contribution in [0, 0.1) is 0 Å². The van der Waals surface area contributed by atoms with E-state index in [1.165, 1.54) is 11.0 Å². The maximum Gasteiger partial charge on any atom is 0.154 e. The number of aromatic nitrogens is 3. The summed E-state index contributed by atoms with van der Waals surface area (Å²) < 4.78 is 1.53. The predicted molar refractivity (Wildman–Crippen MR) is 64.8 cm³/mol. The van der Waals surface area contributed by atoms with Crippen LogP contribution in [0.2, 0.25) is 5.02 Å². The number of rotatable bonds is 5. The molecule has 0 saturated carbocycles. The number of ketones is 1. The lowest BCUT2D eigenvalue weighted by molar-refractivity contribution is -0.119. The van der Waals surface area contributed by atoms with Gasteiger partial charge in [-0.25, -0.2) is 9.67 Å². The molecule has 0 N–H and O–H groups in total. The highest BCUT2D eigenvalue weighted by Gasteiger charge is 2.04. The van der Waals surface area contributed by atoms with Crippen LogP contribution in [0.25, 0.3) is 0 Å². The number of hydrogen-bond donors (Lipinski definition) is 0. The molecule has 0 spiro atoms. The molecule has 1 aromatic carbocycles. The summed E-state index contributed by atoms with van der Waals surface area (Å²) in [4.78, 5) is 15.4. The summed E-state index contributed by atoms with van der Waals surface area (Å²) in [6.07, 6.45) is 4.19. The Balaban J connectivity index is 1.82. The SMILES string of the molecule is O=C(CCc1ccc(Cl)cc1)Cn1cncn1. The van der Waals surface area contributed by atoms with Crippen molar-refractivity contribution in [2.24, 2.45) is 0 Å². The first kappa shape index (κ1) is 11.8. The first-order valence-electron chi connectivity index (χ1n) is 5.32. The second kappa shape index (κ2) is 5.59. The number of carbonyl (C=O) groups is 1. The van der Waals surface area contributed by atoms with Gasteiger partial charge in [0.25, 0.3) is 0 Å². The van der Waals surface area contributed by atoms with E-state index in [2.05, 4.69) is 10.1 Å². The van der Waals surface area contributed by atoms with E-state index in [1.807, 2.05) is 24.3 Å². The summed E-state index contributed by atoms with van der Waals surface area (Å²) in [6, 6.07) is 7.54. The molecular formula is C12H12ClN3O. The first-order valence-corrected chi connectivity index (χ1v) is 5.70. The van der Waals surface area contributed by atoms with Crippen molar-refractivity contribution >= 4 is 17.4 Å². The Kier molecular flexibility index (Phi) is 3.88. The summed E-state index contributed by atoms with van der Waals surface area (Å²) in [5, 5.41) is 4.60. The molecular weight excluding hydrogens is 238 g/mol. The average Bonchev–Trinajstić information content (AvgIpc) is 2.81. The minimum atomic E-state index is 0.144. The molecule has 4 nitrogen and oxygen atoms in total. The molecule has 5 heteroatoms. The fourth-order valence-electron chi connectivity index (χ4n) is 1.51. The minimum absolute atomic E-state index is 0.144. The second-order valence-electron chi connectivity index (χ2n) is 3.76. The van der Waals surface area contributed by atoms with E-state index < -0.39 is 0 Å². The highest BCUT2D eigenvalue weighted by molar-refractivity contribution is 6.30. The smallest absolute Gasteiger partial charge is 0.154 e. The van der Waals surface area contributed by atoms with Crippen LogP contribution in [0.1, 0.15) is 12.0 Å². The van der Waals surface area contributed by atoms with Gasteiger partial charge < -0.3 is 0 Å². The van der Waals surface area contributed by atoms with E-state index in [0.29, 0.717) is 11.4 Å². The van der Waals surface area contributed by atoms with E-state index in [1.54, 1.807) is 6.33 Å². The zero-order chi connectivity index (χ0) is 12.1. The molecule has 1 heterocycles. The summed E-state index contributed by atoms with van der Waals surface area (Å²) >= 11 is 5.78. The van der Waals surface area contributed by atoms with E-state index in [-0.39, 0.29) is 12.3 Å². The number of carbonyl (C=O) groups excluding carboxylic acids is 1. The number of halogens is 1. The van der Waals surface area contributed by atoms with Crippen LogP contribution in [0.4, 0.5) is 0 Å². The first-order chi connectivity index (χ1) is 8.24. The normalized spacial score (nSPS) is 10.4. The van der Waals surface area contributed by atoms with Gasteiger partial charge in [-0.15, -0.1) is 0 Å². The van der Waals surface area contributed by atoms with Gasteiger partial charge in [0.1, 0.15) is 19.2 Å². The fraction of sp³-hybridized carbons (Fsp3) is 0.250. The minimum Gasteiger partial charge on any atom is -0.298 e. The summed E-state index contributed by atoms with van der Waals surface area (Å²) in [5.74, 6) is 0.144. The molecule has 0 aliphatic carbocycles. The van der Waals surface area contributed by atoms with Crippen LogP contribution in [0.5, 0.6) is 0 Å². The van der Waals surface area contributed by atoms with Gasteiger partial charge in [0, 0.05) is 11.4 Å². The summed E-state index contributed by atoms with van der Waals surface area (Å²) in [6.45, 7) is 0.285. The molecule has 0 bridgehead atoms. The Bertz CT molecular complexity index is 479. The Morgan fingerprint density at radius 3 is 2.71 bits per heavy atom. The number of benzene rings is 1. The van der Waals surface area contributed by atoms with Crippen molar-refractivity contribution in [2.45, 2.75) is 19.4 Å². The summed E-state index contributed by atoms with van der Waals surface area (Å²) in [7, 11) is 0. The highest BCUT2D eigenvalue weighted by Crippen LogP contribution is 2.11. The monoisotopic (exact) mass is 249 g/mol. The van der Waals surface area contributed by atoms with Gasteiger partial charge in [-0.3, -0.25) is 4.79 Å². The third kappa shape index (κ3) is 3.67. The van der Waals surface area contributed by atoms with Crippen LogP contribution >= 0.6 is 11.6 Å². The van der Waals surface area contributed by atoms with Gasteiger partial charge in [0.2, 0.25) is 0 Å². The maximum atomic E-state index is 11.6. The van der Waals surface area contributed by atoms with Crippen molar-refractivity contribution in [2.75, 3.05) is 0 Å². The molecule has 1 aromatic heterocycles. The van der Waals surface area contributed by atoms with Crippen LogP contribution < -0.4 is 0 Å². The lowest BCUT2D eigenvalue weighted by Gasteiger charge is -2.02. The van der Waals surface area contributed by atoms with E-state index in [0.717, 1.165) is 12.0 Å². The van der Waals surface area contributed by atoms with Crippen molar-refractivity contribution in [3.63, 3.8) is 0 Å². The average molecular weight is 250 g/mol. The molecule has 88 valence electrons. The zero-order valence-corrected chi connectivity index (χ0v) is 9.97. The topological polar surface area (TPSA) is 47.8 Å². The Morgan fingerprint density at radius 1 is 1.29 bits per heavy atom. The molecule has 0 aliphatic heterocycles. The number of aryl methyl sites for hydroxylation is 1. The molecule has 17 heavy (non-hydrogen) atoms. The van der Waals surface area contributed by atoms with Gasteiger partial charge >= 0.3 is 0 Å². The van der Waals surface area contributed by atoms with Crippen molar-refractivity contribution < 1.29 is 4.79 Å². The number of hydrogen-bond acceptors (Lipinski definition) is 3. The maximum absolute atomic E-state index is 11.6. The second-order valence-corrected chi connectivity index (χ2v) is 4.19. The van der Waals surface area contributed by atoms with Crippen molar-refractivity contribution in [1.82, 2.24) is 14.8 Å². The predicted octanol–water partition coefficient (Wildman–Crippen LogP) is 2.13. The quantitative estimate of drug-likeness (QED) is 0.816. The van der Waals surface area contributed by atoms with Gasteiger partial charge in [-0.1, -0.05) is 23.7 Å². The molecule has 0 unspecified atom stereocenters. The molecule has 0 aliphatic rings. The lowest BCUT2D eigenvalue weighted by Crippen LogP contribution is -2.11. The Hall–Kier alpha value is -1.68. The fourth-order valence-corrected chi connectivity index (χ4v) is 1.63. The van der Waals surface area contributed by atoms with Gasteiger partial charge in [-0.2, -0.15) is 5.10 Å².